The predicted octanol–water partition coefficient (Wildman–Crippen LogP) is 2.84. The standard InChI is InChI=1S/C14H15NO3/c1-3-4-13(16)15-10-5-6-12-11(8-10)9(2)7-14(17)18-12/h5-8H,3-4H2,1-2H3,(H,15,16)/i3D. The molecule has 1 aromatic heterocycles. The average molecular weight is 246 g/mol. The highest BCUT2D eigenvalue weighted by Crippen LogP contribution is 2.21. The normalized spacial score (nSPS) is 13.1. The fourth-order valence-electron chi connectivity index (χ4n) is 1.79. The molecule has 1 heterocycles. The molecule has 0 radical (unpaired) electrons. The van der Waals surface area contributed by atoms with Crippen molar-refractivity contribution in [1.82, 2.24) is 0 Å². The van der Waals surface area contributed by atoms with Gasteiger partial charge in [0.15, 0.2) is 0 Å². The van der Waals surface area contributed by atoms with Crippen LogP contribution in [0.4, 0.5) is 5.69 Å². The summed E-state index contributed by atoms with van der Waals surface area (Å²) in [6.45, 7) is 3.48. The first-order valence-electron chi connectivity index (χ1n) is 6.30. The lowest BCUT2D eigenvalue weighted by Crippen LogP contribution is -2.10. The summed E-state index contributed by atoms with van der Waals surface area (Å²) in [7, 11) is 0. The quantitative estimate of drug-likeness (QED) is 0.847. The van der Waals surface area contributed by atoms with Gasteiger partial charge in [-0.1, -0.05) is 6.92 Å². The van der Waals surface area contributed by atoms with Gasteiger partial charge in [-0.2, -0.15) is 0 Å². The molecule has 1 N–H and O–H groups in total. The zero-order valence-electron chi connectivity index (χ0n) is 11.3. The van der Waals surface area contributed by atoms with Crippen molar-refractivity contribution in [2.75, 3.05) is 5.32 Å². The number of nitrogens with one attached hydrogen (secondary N) is 1. The number of benzene rings is 1. The first kappa shape index (κ1) is 11.0. The molecule has 4 heteroatoms. The van der Waals surface area contributed by atoms with Crippen molar-refractivity contribution in [3.63, 3.8) is 0 Å². The highest BCUT2D eigenvalue weighted by molar-refractivity contribution is 5.93. The Bertz CT molecular complexity index is 676. The molecule has 4 nitrogen and oxygen atoms in total. The van der Waals surface area contributed by atoms with Crippen LogP contribution in [0.2, 0.25) is 0 Å². The van der Waals surface area contributed by atoms with E-state index in [2.05, 4.69) is 5.32 Å². The lowest BCUT2D eigenvalue weighted by atomic mass is 10.1. The van der Waals surface area contributed by atoms with E-state index in [1.54, 1.807) is 25.1 Å². The summed E-state index contributed by atoms with van der Waals surface area (Å²) in [6.07, 6.45) is -0.277. The second kappa shape index (κ2) is 5.04. The van der Waals surface area contributed by atoms with Crippen molar-refractivity contribution in [1.29, 1.82) is 0 Å². The molecular formula is C14H15NO3. The van der Waals surface area contributed by atoms with Gasteiger partial charge in [-0.25, -0.2) is 4.79 Å². The topological polar surface area (TPSA) is 59.3 Å². The third-order valence-corrected chi connectivity index (χ3v) is 2.62. The Morgan fingerprint density at radius 1 is 1.44 bits per heavy atom. The van der Waals surface area contributed by atoms with E-state index in [4.69, 9.17) is 5.79 Å². The van der Waals surface area contributed by atoms with Gasteiger partial charge in [0.2, 0.25) is 5.91 Å². The summed E-state index contributed by atoms with van der Waals surface area (Å²) >= 11 is 0. The van der Waals surface area contributed by atoms with Gasteiger partial charge < -0.3 is 9.73 Å². The maximum Gasteiger partial charge on any atom is 0.336 e. The highest BCUT2D eigenvalue weighted by atomic mass is 16.4. The Balaban J connectivity index is 2.32. The third-order valence-electron chi connectivity index (χ3n) is 2.62. The van der Waals surface area contributed by atoms with E-state index in [-0.39, 0.29) is 18.0 Å². The number of carbonyl (C=O) groups is 1. The lowest BCUT2D eigenvalue weighted by Gasteiger charge is -2.06. The summed E-state index contributed by atoms with van der Waals surface area (Å²) in [6, 6.07) is 6.51. The van der Waals surface area contributed by atoms with Crippen LogP contribution in [0.15, 0.2) is 33.5 Å². The van der Waals surface area contributed by atoms with Gasteiger partial charge >= 0.3 is 5.63 Å². The molecule has 0 aliphatic heterocycles. The van der Waals surface area contributed by atoms with Crippen molar-refractivity contribution < 1.29 is 10.6 Å². The van der Waals surface area contributed by atoms with Crippen molar-refractivity contribution in [2.24, 2.45) is 0 Å². The molecule has 0 bridgehead atoms. The maximum atomic E-state index is 11.6. The largest absolute Gasteiger partial charge is 0.423 e. The molecule has 0 saturated heterocycles. The number of hydrogen-bond acceptors (Lipinski definition) is 3. The number of amides is 1. The number of anilines is 1. The summed E-state index contributed by atoms with van der Waals surface area (Å²) < 4.78 is 12.4. The molecule has 1 unspecified atom stereocenters. The molecule has 1 aromatic carbocycles. The molecule has 0 spiro atoms. The lowest BCUT2D eigenvalue weighted by molar-refractivity contribution is -0.116. The molecule has 1 atom stereocenters. The number of hydrogen-bond donors (Lipinski definition) is 1. The molecule has 2 aromatic rings. The van der Waals surface area contributed by atoms with Crippen LogP contribution in [0, 0.1) is 6.92 Å². The van der Waals surface area contributed by atoms with Crippen LogP contribution < -0.4 is 10.9 Å². The van der Waals surface area contributed by atoms with Crippen molar-refractivity contribution in [2.45, 2.75) is 26.7 Å². The second-order valence-electron chi connectivity index (χ2n) is 4.12. The van der Waals surface area contributed by atoms with E-state index < -0.39 is 6.40 Å². The van der Waals surface area contributed by atoms with Crippen LogP contribution in [-0.4, -0.2) is 5.91 Å². The molecule has 18 heavy (non-hydrogen) atoms. The molecule has 0 fully saturated rings. The Hall–Kier alpha value is -2.10. The summed E-state index contributed by atoms with van der Waals surface area (Å²) in [5.41, 5.74) is 1.55. The van der Waals surface area contributed by atoms with Crippen LogP contribution >= 0.6 is 0 Å². The number of carbonyl (C=O) groups excluding carboxylic acids is 1. The zero-order valence-corrected chi connectivity index (χ0v) is 10.3. The summed E-state index contributed by atoms with van der Waals surface area (Å²) in [5.74, 6) is -0.197. The fourth-order valence-corrected chi connectivity index (χ4v) is 1.79. The minimum absolute atomic E-state index is 0.154. The SMILES string of the molecule is [2H]C(C)CC(=O)Nc1ccc2oc(=O)cc(C)c2c1. The van der Waals surface area contributed by atoms with E-state index in [0.717, 1.165) is 10.9 Å². The number of fused-ring (bicyclic) bond motifs is 1. The molecule has 1 amide bonds. The molecule has 94 valence electrons. The van der Waals surface area contributed by atoms with Gasteiger partial charge in [0, 0.05) is 24.9 Å². The van der Waals surface area contributed by atoms with E-state index in [9.17, 15) is 9.59 Å². The van der Waals surface area contributed by atoms with Crippen LogP contribution in [0.25, 0.3) is 11.0 Å². The van der Waals surface area contributed by atoms with Crippen molar-refractivity contribution in [3.05, 3.63) is 40.2 Å². The Labute approximate surface area is 106 Å². The third kappa shape index (κ3) is 2.59. The summed E-state index contributed by atoms with van der Waals surface area (Å²) in [4.78, 5) is 22.8. The molecule has 2 rings (SSSR count). The second-order valence-corrected chi connectivity index (χ2v) is 4.12. The maximum absolute atomic E-state index is 11.6. The first-order valence-corrected chi connectivity index (χ1v) is 5.72. The smallest absolute Gasteiger partial charge is 0.336 e. The van der Waals surface area contributed by atoms with Gasteiger partial charge in [0.1, 0.15) is 5.58 Å². The minimum atomic E-state index is -0.430. The van der Waals surface area contributed by atoms with E-state index in [1.807, 2.05) is 6.92 Å². The van der Waals surface area contributed by atoms with Crippen LogP contribution in [-0.2, 0) is 4.79 Å². The zero-order chi connectivity index (χ0) is 14.0. The Morgan fingerprint density at radius 3 is 2.94 bits per heavy atom. The van der Waals surface area contributed by atoms with Crippen LogP contribution in [0.3, 0.4) is 0 Å². The summed E-state index contributed by atoms with van der Waals surface area (Å²) in [5, 5.41) is 3.52. The Kier molecular flexibility index (Phi) is 3.08. The van der Waals surface area contributed by atoms with Gasteiger partial charge in [-0.05, 0) is 37.1 Å². The number of rotatable bonds is 3. The van der Waals surface area contributed by atoms with Gasteiger partial charge in [0.25, 0.3) is 0 Å². The molecule has 0 aliphatic rings. The predicted molar refractivity (Wildman–Crippen MR) is 70.8 cm³/mol. The van der Waals surface area contributed by atoms with Crippen molar-refractivity contribution in [3.8, 4) is 0 Å². The van der Waals surface area contributed by atoms with Crippen LogP contribution in [0.5, 0.6) is 0 Å². The molecular weight excluding hydrogens is 230 g/mol. The van der Waals surface area contributed by atoms with Crippen LogP contribution in [0.1, 0.15) is 26.7 Å². The fraction of sp³-hybridized carbons (Fsp3) is 0.286. The minimum Gasteiger partial charge on any atom is -0.423 e. The van der Waals surface area contributed by atoms with Gasteiger partial charge in [-0.3, -0.25) is 4.79 Å². The first-order chi connectivity index (χ1) is 8.95. The molecule has 0 aliphatic carbocycles. The Morgan fingerprint density at radius 2 is 2.22 bits per heavy atom. The van der Waals surface area contributed by atoms with E-state index in [1.165, 1.54) is 6.07 Å². The number of aryl methyl sites for hydroxylation is 1. The monoisotopic (exact) mass is 246 g/mol. The van der Waals surface area contributed by atoms with E-state index >= 15 is 0 Å². The highest BCUT2D eigenvalue weighted by Gasteiger charge is 2.05. The molecule has 0 saturated carbocycles. The van der Waals surface area contributed by atoms with E-state index in [0.29, 0.717) is 11.3 Å². The van der Waals surface area contributed by atoms with Gasteiger partial charge in [0.05, 0.1) is 0 Å². The average Bonchev–Trinajstić information content (AvgIpc) is 2.28. The van der Waals surface area contributed by atoms with Gasteiger partial charge in [-0.15, -0.1) is 0 Å². The van der Waals surface area contributed by atoms with Crippen molar-refractivity contribution >= 4 is 22.6 Å².